The first-order valence-corrected chi connectivity index (χ1v) is 10.4. The van der Waals surface area contributed by atoms with E-state index in [1.54, 1.807) is 5.51 Å². The average Bonchev–Trinajstić information content (AvgIpc) is 3.43. The monoisotopic (exact) mass is 445 g/mol. The van der Waals surface area contributed by atoms with Gasteiger partial charge >= 0.3 is 12.1 Å². The zero-order valence-electron chi connectivity index (χ0n) is 16.1. The van der Waals surface area contributed by atoms with E-state index in [-0.39, 0.29) is 5.91 Å². The summed E-state index contributed by atoms with van der Waals surface area (Å²) in [5, 5.41) is 8.95. The molecule has 8 nitrogen and oxygen atoms in total. The van der Waals surface area contributed by atoms with Crippen LogP contribution in [0.2, 0.25) is 0 Å². The van der Waals surface area contributed by atoms with Gasteiger partial charge < -0.3 is 14.6 Å². The normalized spacial score (nSPS) is 17.1. The topological polar surface area (TPSA) is 91.6 Å². The molecule has 0 spiro atoms. The number of carbonyl (C=O) groups is 2. The Morgan fingerprint density at radius 3 is 2.40 bits per heavy atom. The molecule has 12 heteroatoms. The lowest BCUT2D eigenvalue weighted by Crippen LogP contribution is -2.34. The number of amides is 1. The molecule has 0 bridgehead atoms. The maximum Gasteiger partial charge on any atom is 0.490 e. The molecule has 2 aliphatic rings. The Kier molecular flexibility index (Phi) is 7.08. The zero-order valence-corrected chi connectivity index (χ0v) is 17.0. The van der Waals surface area contributed by atoms with Crippen LogP contribution in [-0.4, -0.2) is 73.7 Å². The fraction of sp³-hybridized carbons (Fsp3) is 0.556. The van der Waals surface area contributed by atoms with Crippen LogP contribution in [0.3, 0.4) is 0 Å². The fourth-order valence-electron chi connectivity index (χ4n) is 3.47. The van der Waals surface area contributed by atoms with E-state index < -0.39 is 12.1 Å². The summed E-state index contributed by atoms with van der Waals surface area (Å²) >= 11 is 1.46. The number of rotatable bonds is 3. The molecule has 0 atom stereocenters. The standard InChI is InChI=1S/C16H21N5OS.C2HF3O2/c22-16(14-11-23-12-18-14)20-6-3-15-17-9-13(21(15)8-7-20)10-19-4-1-2-5-19;3-2(4,5)1(6)7/h9,11-12H,1-8,10H2;(H,6,7). The first-order chi connectivity index (χ1) is 14.3. The number of aliphatic carboxylic acids is 1. The Hall–Kier alpha value is -2.47. The second-order valence-electron chi connectivity index (χ2n) is 7.02. The Bertz CT molecular complexity index is 863. The number of halogens is 3. The SMILES string of the molecule is O=C(O)C(F)(F)F.O=C(c1cscn1)N1CCc2ncc(CN3CCCC3)n2CC1. The van der Waals surface area contributed by atoms with Gasteiger partial charge in [-0.15, -0.1) is 11.3 Å². The summed E-state index contributed by atoms with van der Waals surface area (Å²) in [6, 6.07) is 0. The molecule has 2 aromatic rings. The van der Waals surface area contributed by atoms with Crippen molar-refractivity contribution in [1.29, 1.82) is 0 Å². The fourth-order valence-corrected chi connectivity index (χ4v) is 4.00. The van der Waals surface area contributed by atoms with Crippen molar-refractivity contribution < 1.29 is 27.9 Å². The van der Waals surface area contributed by atoms with E-state index in [4.69, 9.17) is 9.90 Å². The molecule has 1 N–H and O–H groups in total. The van der Waals surface area contributed by atoms with E-state index in [0.29, 0.717) is 5.69 Å². The Morgan fingerprint density at radius 2 is 1.80 bits per heavy atom. The van der Waals surface area contributed by atoms with Crippen molar-refractivity contribution in [1.82, 2.24) is 24.3 Å². The number of hydrogen-bond donors (Lipinski definition) is 1. The Balaban J connectivity index is 0.000000318. The first kappa shape index (κ1) is 22.2. The predicted octanol–water partition coefficient (Wildman–Crippen LogP) is 2.27. The van der Waals surface area contributed by atoms with Gasteiger partial charge in [-0.2, -0.15) is 13.2 Å². The minimum atomic E-state index is -5.08. The summed E-state index contributed by atoms with van der Waals surface area (Å²) in [5.41, 5.74) is 3.56. The molecule has 2 aliphatic heterocycles. The van der Waals surface area contributed by atoms with Gasteiger partial charge in [-0.3, -0.25) is 9.69 Å². The highest BCUT2D eigenvalue weighted by Gasteiger charge is 2.38. The molecule has 30 heavy (non-hydrogen) atoms. The van der Waals surface area contributed by atoms with Crippen LogP contribution < -0.4 is 0 Å². The van der Waals surface area contributed by atoms with Crippen molar-refractivity contribution in [2.24, 2.45) is 0 Å². The van der Waals surface area contributed by atoms with E-state index >= 15 is 0 Å². The van der Waals surface area contributed by atoms with E-state index in [0.717, 1.165) is 38.4 Å². The maximum absolute atomic E-state index is 12.5. The molecule has 164 valence electrons. The molecule has 0 unspecified atom stereocenters. The van der Waals surface area contributed by atoms with Gasteiger partial charge in [0.15, 0.2) is 0 Å². The third-order valence-electron chi connectivity index (χ3n) is 4.99. The molecule has 0 radical (unpaired) electrons. The van der Waals surface area contributed by atoms with Gasteiger partial charge in [0.05, 0.1) is 11.2 Å². The predicted molar refractivity (Wildman–Crippen MR) is 102 cm³/mol. The number of hydrogen-bond acceptors (Lipinski definition) is 6. The molecule has 0 saturated carbocycles. The van der Waals surface area contributed by atoms with Crippen LogP contribution in [-0.2, 0) is 24.3 Å². The number of likely N-dealkylation sites (tertiary alicyclic amines) is 1. The smallest absolute Gasteiger partial charge is 0.475 e. The molecule has 0 aliphatic carbocycles. The number of nitrogens with zero attached hydrogens (tertiary/aromatic N) is 5. The molecule has 1 saturated heterocycles. The minimum absolute atomic E-state index is 0.0399. The van der Waals surface area contributed by atoms with Crippen LogP contribution in [0.25, 0.3) is 0 Å². The van der Waals surface area contributed by atoms with Crippen LogP contribution in [0.4, 0.5) is 13.2 Å². The number of carboxylic acids is 1. The molecule has 4 heterocycles. The second-order valence-corrected chi connectivity index (χ2v) is 7.74. The van der Waals surface area contributed by atoms with Gasteiger partial charge in [0.2, 0.25) is 0 Å². The summed E-state index contributed by atoms with van der Waals surface area (Å²) in [6.45, 7) is 5.63. The van der Waals surface area contributed by atoms with Crippen molar-refractivity contribution in [2.75, 3.05) is 26.2 Å². The molecule has 1 amide bonds. The van der Waals surface area contributed by atoms with Crippen molar-refractivity contribution in [3.05, 3.63) is 34.3 Å². The number of aromatic nitrogens is 3. The Morgan fingerprint density at radius 1 is 1.10 bits per heavy atom. The summed E-state index contributed by atoms with van der Waals surface area (Å²) < 4.78 is 34.0. The first-order valence-electron chi connectivity index (χ1n) is 9.49. The van der Waals surface area contributed by atoms with Gasteiger partial charge in [-0.1, -0.05) is 0 Å². The van der Waals surface area contributed by atoms with Crippen molar-refractivity contribution in [3.63, 3.8) is 0 Å². The van der Waals surface area contributed by atoms with Crippen LogP contribution in [0, 0.1) is 0 Å². The summed E-state index contributed by atoms with van der Waals surface area (Å²) in [5.74, 6) is -1.61. The molecular formula is C18H22F3N5O3S. The lowest BCUT2D eigenvalue weighted by atomic mass is 10.3. The second kappa shape index (κ2) is 9.56. The summed E-state index contributed by atoms with van der Waals surface area (Å²) in [6.07, 6.45) is 0.356. The molecule has 0 aromatic carbocycles. The number of carbonyl (C=O) groups excluding carboxylic acids is 1. The average molecular weight is 445 g/mol. The Labute approximate surface area is 174 Å². The third-order valence-corrected chi connectivity index (χ3v) is 5.57. The van der Waals surface area contributed by atoms with Gasteiger partial charge in [-0.25, -0.2) is 14.8 Å². The van der Waals surface area contributed by atoms with Crippen LogP contribution in [0.1, 0.15) is 34.8 Å². The van der Waals surface area contributed by atoms with E-state index in [9.17, 15) is 18.0 Å². The van der Waals surface area contributed by atoms with Crippen LogP contribution in [0.5, 0.6) is 0 Å². The van der Waals surface area contributed by atoms with Crippen LogP contribution in [0.15, 0.2) is 17.1 Å². The van der Waals surface area contributed by atoms with E-state index in [2.05, 4.69) is 19.4 Å². The summed E-state index contributed by atoms with van der Waals surface area (Å²) in [7, 11) is 0. The van der Waals surface area contributed by atoms with E-state index in [1.165, 1.54) is 43.0 Å². The van der Waals surface area contributed by atoms with Gasteiger partial charge in [0, 0.05) is 44.2 Å². The molecular weight excluding hydrogens is 423 g/mol. The largest absolute Gasteiger partial charge is 0.490 e. The molecule has 2 aromatic heterocycles. The quantitative estimate of drug-likeness (QED) is 0.780. The third kappa shape index (κ3) is 5.57. The molecule has 1 fully saturated rings. The minimum Gasteiger partial charge on any atom is -0.475 e. The van der Waals surface area contributed by atoms with Crippen molar-refractivity contribution in [3.8, 4) is 0 Å². The van der Waals surface area contributed by atoms with Gasteiger partial charge in [0.25, 0.3) is 5.91 Å². The van der Waals surface area contributed by atoms with Gasteiger partial charge in [0.1, 0.15) is 11.5 Å². The lowest BCUT2D eigenvalue weighted by Gasteiger charge is -2.19. The zero-order chi connectivity index (χ0) is 21.7. The highest BCUT2D eigenvalue weighted by molar-refractivity contribution is 7.07. The number of imidazole rings is 1. The maximum atomic E-state index is 12.5. The van der Waals surface area contributed by atoms with E-state index in [1.807, 2.05) is 16.5 Å². The highest BCUT2D eigenvalue weighted by atomic mass is 32.1. The molecule has 4 rings (SSSR count). The van der Waals surface area contributed by atoms with Crippen molar-refractivity contribution in [2.45, 2.75) is 38.5 Å². The van der Waals surface area contributed by atoms with Gasteiger partial charge in [-0.05, 0) is 25.9 Å². The number of thiazole rings is 1. The highest BCUT2D eigenvalue weighted by Crippen LogP contribution is 2.18. The van der Waals surface area contributed by atoms with Crippen LogP contribution >= 0.6 is 11.3 Å². The lowest BCUT2D eigenvalue weighted by molar-refractivity contribution is -0.192. The number of carboxylic acid groups (broad SMARTS) is 1. The number of alkyl halides is 3. The summed E-state index contributed by atoms with van der Waals surface area (Å²) in [4.78, 5) is 34.5. The number of fused-ring (bicyclic) bond motifs is 1. The van der Waals surface area contributed by atoms with Crippen molar-refractivity contribution >= 4 is 23.2 Å².